The largest absolute Gasteiger partial charge is 0.381 e. The molecule has 1 aromatic rings. The highest BCUT2D eigenvalue weighted by molar-refractivity contribution is 5.41. The van der Waals surface area contributed by atoms with Crippen molar-refractivity contribution in [3.8, 4) is 0 Å². The molecule has 0 fully saturated rings. The number of pyridine rings is 1. The monoisotopic (exact) mass is 278 g/mol. The Kier molecular flexibility index (Phi) is 8.08. The Morgan fingerprint density at radius 3 is 2.55 bits per heavy atom. The van der Waals surface area contributed by atoms with Crippen LogP contribution in [0.4, 0.5) is 5.69 Å². The maximum atomic E-state index is 11.7. The van der Waals surface area contributed by atoms with E-state index in [1.165, 1.54) is 38.5 Å². The van der Waals surface area contributed by atoms with Crippen LogP contribution in [0.2, 0.25) is 0 Å². The number of nitrogens with one attached hydrogen (secondary N) is 1. The lowest BCUT2D eigenvalue weighted by Crippen LogP contribution is -2.21. The first-order valence-electron chi connectivity index (χ1n) is 8.14. The van der Waals surface area contributed by atoms with Crippen LogP contribution in [0.15, 0.2) is 23.1 Å². The van der Waals surface area contributed by atoms with Gasteiger partial charge in [0.1, 0.15) is 0 Å². The summed E-state index contributed by atoms with van der Waals surface area (Å²) in [6, 6.07) is 4.01. The average molecular weight is 278 g/mol. The molecule has 1 aromatic heterocycles. The van der Waals surface area contributed by atoms with Crippen LogP contribution in [0.25, 0.3) is 0 Å². The third-order valence-corrected chi connectivity index (χ3v) is 3.60. The molecular weight excluding hydrogens is 248 g/mol. The van der Waals surface area contributed by atoms with Gasteiger partial charge in [0.15, 0.2) is 0 Å². The second-order valence-electron chi connectivity index (χ2n) is 5.70. The van der Waals surface area contributed by atoms with Crippen LogP contribution in [-0.2, 0) is 6.54 Å². The minimum absolute atomic E-state index is 0.0876. The molecule has 1 atom stereocenters. The molecule has 1 N–H and O–H groups in total. The highest BCUT2D eigenvalue weighted by Gasteiger charge is 2.03. The lowest BCUT2D eigenvalue weighted by atomic mass is 10.1. The van der Waals surface area contributed by atoms with E-state index < -0.39 is 0 Å². The highest BCUT2D eigenvalue weighted by atomic mass is 16.1. The molecule has 0 bridgehead atoms. The first kappa shape index (κ1) is 16.8. The van der Waals surface area contributed by atoms with Gasteiger partial charge in [-0.1, -0.05) is 46.0 Å². The Morgan fingerprint density at radius 1 is 1.10 bits per heavy atom. The summed E-state index contributed by atoms with van der Waals surface area (Å²) in [5, 5.41) is 3.50. The number of nitrogens with zero attached hydrogens (tertiary/aromatic N) is 1. The molecule has 20 heavy (non-hydrogen) atoms. The molecule has 0 saturated heterocycles. The summed E-state index contributed by atoms with van der Waals surface area (Å²) >= 11 is 0. The van der Waals surface area contributed by atoms with Crippen molar-refractivity contribution in [2.45, 2.75) is 78.3 Å². The zero-order chi connectivity index (χ0) is 14.8. The van der Waals surface area contributed by atoms with Crippen LogP contribution in [0.5, 0.6) is 0 Å². The van der Waals surface area contributed by atoms with E-state index >= 15 is 0 Å². The normalized spacial score (nSPS) is 12.3. The zero-order valence-corrected chi connectivity index (χ0v) is 13.3. The zero-order valence-electron chi connectivity index (χ0n) is 13.3. The molecule has 114 valence electrons. The summed E-state index contributed by atoms with van der Waals surface area (Å²) in [6.07, 6.45) is 10.7. The highest BCUT2D eigenvalue weighted by Crippen LogP contribution is 2.12. The fraction of sp³-hybridized carbons (Fsp3) is 0.706. The van der Waals surface area contributed by atoms with Crippen molar-refractivity contribution in [3.63, 3.8) is 0 Å². The standard InChI is InChI=1S/C17H30N2O/c1-4-6-7-8-9-10-15(3)18-16-11-12-17(20)19(14-16)13-5-2/h11-12,14-15,18H,4-10,13H2,1-3H3. The fourth-order valence-electron chi connectivity index (χ4n) is 2.44. The molecule has 3 nitrogen and oxygen atoms in total. The van der Waals surface area contributed by atoms with Gasteiger partial charge in [-0.15, -0.1) is 0 Å². The third kappa shape index (κ3) is 6.27. The van der Waals surface area contributed by atoms with Gasteiger partial charge >= 0.3 is 0 Å². The minimum atomic E-state index is 0.0876. The number of anilines is 1. The van der Waals surface area contributed by atoms with Crippen LogP contribution in [0.3, 0.4) is 0 Å². The maximum Gasteiger partial charge on any atom is 0.250 e. The maximum absolute atomic E-state index is 11.7. The average Bonchev–Trinajstić information content (AvgIpc) is 2.42. The molecule has 0 aliphatic heterocycles. The van der Waals surface area contributed by atoms with Crippen molar-refractivity contribution in [3.05, 3.63) is 28.7 Å². The van der Waals surface area contributed by atoms with Crippen LogP contribution in [0.1, 0.15) is 65.7 Å². The summed E-state index contributed by atoms with van der Waals surface area (Å²) in [5.74, 6) is 0. The molecule has 0 radical (unpaired) electrons. The quantitative estimate of drug-likeness (QED) is 0.643. The van der Waals surface area contributed by atoms with Crippen molar-refractivity contribution in [1.29, 1.82) is 0 Å². The molecule has 0 spiro atoms. The van der Waals surface area contributed by atoms with Crippen molar-refractivity contribution in [2.24, 2.45) is 0 Å². The summed E-state index contributed by atoms with van der Waals surface area (Å²) in [4.78, 5) is 11.7. The van der Waals surface area contributed by atoms with E-state index in [-0.39, 0.29) is 5.56 Å². The van der Waals surface area contributed by atoms with E-state index in [1.54, 1.807) is 10.6 Å². The fourth-order valence-corrected chi connectivity index (χ4v) is 2.44. The molecule has 0 aliphatic carbocycles. The summed E-state index contributed by atoms with van der Waals surface area (Å²) in [7, 11) is 0. The van der Waals surface area contributed by atoms with E-state index in [9.17, 15) is 4.79 Å². The Labute approximate surface area is 123 Å². The Balaban J connectivity index is 2.39. The van der Waals surface area contributed by atoms with E-state index in [0.29, 0.717) is 6.04 Å². The molecule has 1 heterocycles. The first-order valence-corrected chi connectivity index (χ1v) is 8.14. The molecule has 0 saturated carbocycles. The number of hydrogen-bond acceptors (Lipinski definition) is 2. The van der Waals surface area contributed by atoms with Crippen LogP contribution < -0.4 is 10.9 Å². The van der Waals surface area contributed by atoms with Gasteiger partial charge in [-0.05, 0) is 25.8 Å². The van der Waals surface area contributed by atoms with Gasteiger partial charge in [0, 0.05) is 24.8 Å². The topological polar surface area (TPSA) is 34.0 Å². The van der Waals surface area contributed by atoms with Gasteiger partial charge in [0.2, 0.25) is 0 Å². The molecule has 3 heteroatoms. The van der Waals surface area contributed by atoms with Gasteiger partial charge in [0.05, 0.1) is 5.69 Å². The van der Waals surface area contributed by atoms with Gasteiger partial charge in [-0.2, -0.15) is 0 Å². The molecule has 0 aromatic carbocycles. The number of rotatable bonds is 10. The lowest BCUT2D eigenvalue weighted by Gasteiger charge is -2.16. The number of aromatic nitrogens is 1. The number of aryl methyl sites for hydroxylation is 1. The van der Waals surface area contributed by atoms with Gasteiger partial charge < -0.3 is 9.88 Å². The van der Waals surface area contributed by atoms with E-state index in [1.807, 2.05) is 12.3 Å². The Bertz CT molecular complexity index is 425. The summed E-state index contributed by atoms with van der Waals surface area (Å²) < 4.78 is 1.79. The predicted octanol–water partition coefficient (Wildman–Crippen LogP) is 4.42. The predicted molar refractivity (Wildman–Crippen MR) is 87.5 cm³/mol. The molecule has 1 unspecified atom stereocenters. The van der Waals surface area contributed by atoms with Gasteiger partial charge in [-0.3, -0.25) is 4.79 Å². The van der Waals surface area contributed by atoms with E-state index in [4.69, 9.17) is 0 Å². The smallest absolute Gasteiger partial charge is 0.250 e. The summed E-state index contributed by atoms with van der Waals surface area (Å²) in [6.45, 7) is 7.34. The minimum Gasteiger partial charge on any atom is -0.381 e. The van der Waals surface area contributed by atoms with Crippen molar-refractivity contribution < 1.29 is 0 Å². The summed E-state index contributed by atoms with van der Waals surface area (Å²) in [5.41, 5.74) is 1.14. The molecule has 0 amide bonds. The SMILES string of the molecule is CCCCCCCC(C)Nc1ccc(=O)n(CCC)c1. The van der Waals surface area contributed by atoms with Crippen LogP contribution in [-0.4, -0.2) is 10.6 Å². The second kappa shape index (κ2) is 9.62. The number of unbranched alkanes of at least 4 members (excludes halogenated alkanes) is 4. The van der Waals surface area contributed by atoms with Gasteiger partial charge in [0.25, 0.3) is 5.56 Å². The van der Waals surface area contributed by atoms with E-state index in [0.717, 1.165) is 18.7 Å². The first-order chi connectivity index (χ1) is 9.67. The van der Waals surface area contributed by atoms with E-state index in [2.05, 4.69) is 26.1 Å². The molecule has 0 aliphatic rings. The number of hydrogen-bond donors (Lipinski definition) is 1. The van der Waals surface area contributed by atoms with Crippen LogP contribution >= 0.6 is 0 Å². The Hall–Kier alpha value is -1.25. The Morgan fingerprint density at radius 2 is 1.85 bits per heavy atom. The van der Waals surface area contributed by atoms with Crippen molar-refractivity contribution in [2.75, 3.05) is 5.32 Å². The second-order valence-corrected chi connectivity index (χ2v) is 5.70. The van der Waals surface area contributed by atoms with Crippen molar-refractivity contribution >= 4 is 5.69 Å². The van der Waals surface area contributed by atoms with Gasteiger partial charge in [-0.25, -0.2) is 0 Å². The van der Waals surface area contributed by atoms with Crippen molar-refractivity contribution in [1.82, 2.24) is 4.57 Å². The third-order valence-electron chi connectivity index (χ3n) is 3.60. The molecular formula is C17H30N2O. The van der Waals surface area contributed by atoms with Crippen LogP contribution in [0, 0.1) is 0 Å². The lowest BCUT2D eigenvalue weighted by molar-refractivity contribution is 0.577. The molecule has 1 rings (SSSR count).